The van der Waals surface area contributed by atoms with Crippen LogP contribution in [0.4, 0.5) is 5.69 Å². The van der Waals surface area contributed by atoms with Crippen molar-refractivity contribution < 1.29 is 9.59 Å². The quantitative estimate of drug-likeness (QED) is 0.792. The zero-order valence-electron chi connectivity index (χ0n) is 11.8. The molecule has 1 aromatic carbocycles. The Kier molecular flexibility index (Phi) is 3.77. The zero-order valence-corrected chi connectivity index (χ0v) is 13.4. The van der Waals surface area contributed by atoms with E-state index in [0.29, 0.717) is 28.8 Å². The van der Waals surface area contributed by atoms with Crippen molar-refractivity contribution in [3.8, 4) is 0 Å². The molecule has 20 heavy (non-hydrogen) atoms. The highest BCUT2D eigenvalue weighted by Crippen LogP contribution is 2.26. The number of hydrogen-bond donors (Lipinski definition) is 1. The van der Waals surface area contributed by atoms with Gasteiger partial charge in [0.15, 0.2) is 0 Å². The van der Waals surface area contributed by atoms with Gasteiger partial charge in [0, 0.05) is 35.9 Å². The Morgan fingerprint density at radius 1 is 1.35 bits per heavy atom. The van der Waals surface area contributed by atoms with Gasteiger partial charge >= 0.3 is 0 Å². The molecule has 2 rings (SSSR count). The van der Waals surface area contributed by atoms with Crippen molar-refractivity contribution in [1.82, 2.24) is 9.80 Å². The summed E-state index contributed by atoms with van der Waals surface area (Å²) in [5, 5.41) is 0. The van der Waals surface area contributed by atoms with Crippen molar-refractivity contribution in [1.29, 1.82) is 0 Å². The van der Waals surface area contributed by atoms with Crippen LogP contribution in [-0.4, -0.2) is 47.3 Å². The zero-order chi connectivity index (χ0) is 15.1. The maximum atomic E-state index is 12.6. The third-order valence-corrected chi connectivity index (χ3v) is 4.38. The number of amides is 2. The first-order valence-electron chi connectivity index (χ1n) is 6.37. The molecular formula is C14H18BrN3O2. The average molecular weight is 340 g/mol. The molecular weight excluding hydrogens is 322 g/mol. The molecule has 0 bridgehead atoms. The Balaban J connectivity index is 2.33. The van der Waals surface area contributed by atoms with E-state index in [9.17, 15) is 9.59 Å². The first-order valence-corrected chi connectivity index (χ1v) is 7.17. The molecule has 1 heterocycles. The lowest BCUT2D eigenvalue weighted by Crippen LogP contribution is -2.63. The Bertz CT molecular complexity index is 572. The number of nitrogens with zero attached hydrogens (tertiary/aromatic N) is 2. The largest absolute Gasteiger partial charge is 0.398 e. The van der Waals surface area contributed by atoms with Gasteiger partial charge in [0.05, 0.1) is 0 Å². The fraction of sp³-hybridized carbons (Fsp3) is 0.429. The van der Waals surface area contributed by atoms with Gasteiger partial charge in [-0.3, -0.25) is 9.59 Å². The average Bonchev–Trinajstić information content (AvgIpc) is 2.39. The molecule has 5 nitrogen and oxygen atoms in total. The molecule has 108 valence electrons. The molecule has 0 saturated carbocycles. The van der Waals surface area contributed by atoms with Crippen LogP contribution in [0.3, 0.4) is 0 Å². The summed E-state index contributed by atoms with van der Waals surface area (Å²) in [6, 6.07) is 5.06. The minimum absolute atomic E-state index is 0.0494. The maximum Gasteiger partial charge on any atom is 0.254 e. The number of nitrogens with two attached hydrogens (primary N) is 1. The van der Waals surface area contributed by atoms with E-state index in [0.717, 1.165) is 0 Å². The second kappa shape index (κ2) is 5.09. The van der Waals surface area contributed by atoms with Crippen molar-refractivity contribution in [2.75, 3.05) is 25.9 Å². The van der Waals surface area contributed by atoms with Crippen LogP contribution in [0.25, 0.3) is 0 Å². The van der Waals surface area contributed by atoms with Gasteiger partial charge in [-0.15, -0.1) is 0 Å². The SMILES string of the molecule is CN1CCN(C(=O)c2ccc(N)c(Br)c2)C(C)(C)C1=O. The summed E-state index contributed by atoms with van der Waals surface area (Å²) in [4.78, 5) is 28.1. The number of rotatable bonds is 1. The molecule has 0 spiro atoms. The predicted octanol–water partition coefficient (Wildman–Crippen LogP) is 1.72. The molecule has 1 saturated heterocycles. The van der Waals surface area contributed by atoms with Crippen LogP contribution < -0.4 is 5.73 Å². The number of nitrogen functional groups attached to an aromatic ring is 1. The molecule has 0 radical (unpaired) electrons. The summed E-state index contributed by atoms with van der Waals surface area (Å²) in [5.41, 5.74) is 6.00. The van der Waals surface area contributed by atoms with Gasteiger partial charge in [0.2, 0.25) is 5.91 Å². The second-order valence-electron chi connectivity index (χ2n) is 5.48. The molecule has 0 aromatic heterocycles. The smallest absolute Gasteiger partial charge is 0.254 e. The number of piperazine rings is 1. The van der Waals surface area contributed by atoms with Crippen molar-refractivity contribution in [3.05, 3.63) is 28.2 Å². The molecule has 6 heteroatoms. The normalized spacial score (nSPS) is 18.3. The summed E-state index contributed by atoms with van der Waals surface area (Å²) < 4.78 is 0.682. The van der Waals surface area contributed by atoms with Crippen molar-refractivity contribution >= 4 is 33.4 Å². The Morgan fingerprint density at radius 3 is 2.60 bits per heavy atom. The van der Waals surface area contributed by atoms with Gasteiger partial charge in [-0.25, -0.2) is 0 Å². The molecule has 0 atom stereocenters. The number of carbonyl (C=O) groups is 2. The topological polar surface area (TPSA) is 66.6 Å². The standard InChI is InChI=1S/C14H18BrN3O2/c1-14(2)13(20)17(3)6-7-18(14)12(19)9-4-5-11(16)10(15)8-9/h4-5,8H,6-7,16H2,1-3H3. The van der Waals surface area contributed by atoms with Crippen LogP contribution in [-0.2, 0) is 4.79 Å². The summed E-state index contributed by atoms with van der Waals surface area (Å²) in [6.07, 6.45) is 0. The molecule has 0 unspecified atom stereocenters. The predicted molar refractivity (Wildman–Crippen MR) is 81.3 cm³/mol. The molecule has 1 aliphatic rings. The first kappa shape index (κ1) is 14.8. The fourth-order valence-electron chi connectivity index (χ4n) is 2.38. The monoisotopic (exact) mass is 339 g/mol. The summed E-state index contributed by atoms with van der Waals surface area (Å²) >= 11 is 3.32. The summed E-state index contributed by atoms with van der Waals surface area (Å²) in [6.45, 7) is 4.62. The number of hydrogen-bond acceptors (Lipinski definition) is 3. The van der Waals surface area contributed by atoms with Gasteiger partial charge in [0.1, 0.15) is 5.54 Å². The Morgan fingerprint density at radius 2 is 2.00 bits per heavy atom. The van der Waals surface area contributed by atoms with Gasteiger partial charge in [-0.1, -0.05) is 0 Å². The molecule has 1 aliphatic heterocycles. The van der Waals surface area contributed by atoms with E-state index >= 15 is 0 Å². The van der Waals surface area contributed by atoms with Crippen LogP contribution in [0.2, 0.25) is 0 Å². The lowest BCUT2D eigenvalue weighted by Gasteiger charge is -2.44. The minimum Gasteiger partial charge on any atom is -0.398 e. The van der Waals surface area contributed by atoms with Gasteiger partial charge < -0.3 is 15.5 Å². The van der Waals surface area contributed by atoms with Crippen LogP contribution in [0, 0.1) is 0 Å². The highest BCUT2D eigenvalue weighted by molar-refractivity contribution is 9.10. The van der Waals surface area contributed by atoms with Crippen LogP contribution in [0.1, 0.15) is 24.2 Å². The number of anilines is 1. The number of carbonyl (C=O) groups excluding carboxylic acids is 2. The van der Waals surface area contributed by atoms with E-state index in [-0.39, 0.29) is 11.8 Å². The lowest BCUT2D eigenvalue weighted by atomic mass is 9.96. The van der Waals surface area contributed by atoms with Crippen molar-refractivity contribution in [3.63, 3.8) is 0 Å². The van der Waals surface area contributed by atoms with E-state index in [2.05, 4.69) is 15.9 Å². The third kappa shape index (κ3) is 2.40. The van der Waals surface area contributed by atoms with Gasteiger partial charge in [0.25, 0.3) is 5.91 Å². The van der Waals surface area contributed by atoms with Crippen molar-refractivity contribution in [2.45, 2.75) is 19.4 Å². The molecule has 1 aromatic rings. The lowest BCUT2D eigenvalue weighted by molar-refractivity contribution is -0.144. The summed E-state index contributed by atoms with van der Waals surface area (Å²) in [5.74, 6) is -0.205. The number of likely N-dealkylation sites (N-methyl/N-ethyl adjacent to an activating group) is 1. The minimum atomic E-state index is -0.835. The highest BCUT2D eigenvalue weighted by atomic mass is 79.9. The van der Waals surface area contributed by atoms with Crippen LogP contribution >= 0.6 is 15.9 Å². The Hall–Kier alpha value is -1.56. The van der Waals surface area contributed by atoms with Gasteiger partial charge in [-0.2, -0.15) is 0 Å². The molecule has 0 aliphatic carbocycles. The van der Waals surface area contributed by atoms with E-state index in [1.54, 1.807) is 48.9 Å². The van der Waals surface area contributed by atoms with Crippen LogP contribution in [0.5, 0.6) is 0 Å². The third-order valence-electron chi connectivity index (χ3n) is 3.70. The van der Waals surface area contributed by atoms with Crippen molar-refractivity contribution in [2.24, 2.45) is 0 Å². The highest BCUT2D eigenvalue weighted by Gasteiger charge is 2.43. The second-order valence-corrected chi connectivity index (χ2v) is 6.33. The molecule has 2 N–H and O–H groups in total. The van der Waals surface area contributed by atoms with E-state index in [4.69, 9.17) is 5.73 Å². The van der Waals surface area contributed by atoms with Gasteiger partial charge in [-0.05, 0) is 48.0 Å². The van der Waals surface area contributed by atoms with E-state index in [1.165, 1.54) is 0 Å². The molecule has 2 amide bonds. The maximum absolute atomic E-state index is 12.6. The molecule has 1 fully saturated rings. The van der Waals surface area contributed by atoms with E-state index in [1.807, 2.05) is 0 Å². The fourth-order valence-corrected chi connectivity index (χ4v) is 2.76. The van der Waals surface area contributed by atoms with E-state index < -0.39 is 5.54 Å². The number of halogens is 1. The Labute approximate surface area is 126 Å². The first-order chi connectivity index (χ1) is 9.25. The number of benzene rings is 1. The van der Waals surface area contributed by atoms with Crippen LogP contribution in [0.15, 0.2) is 22.7 Å². The summed E-state index contributed by atoms with van der Waals surface area (Å²) in [7, 11) is 1.76.